The van der Waals surface area contributed by atoms with E-state index in [1.54, 1.807) is 11.3 Å². The SMILES string of the molecule is CCNc1nc(CC2CCOC2)nc2sc(C)cc12. The number of anilines is 1. The van der Waals surface area contributed by atoms with Gasteiger partial charge in [-0.3, -0.25) is 0 Å². The Morgan fingerprint density at radius 1 is 1.47 bits per heavy atom. The van der Waals surface area contributed by atoms with Crippen molar-refractivity contribution in [3.8, 4) is 0 Å². The van der Waals surface area contributed by atoms with Crippen LogP contribution in [0.5, 0.6) is 0 Å². The van der Waals surface area contributed by atoms with Gasteiger partial charge in [0.2, 0.25) is 0 Å². The normalized spacial score (nSPS) is 19.2. The molecule has 2 aromatic rings. The third-order valence-corrected chi connectivity index (χ3v) is 4.35. The number of nitrogens with one attached hydrogen (secondary N) is 1. The standard InChI is InChI=1S/C14H19N3OS/c1-3-15-13-11-6-9(2)19-14(11)17-12(16-13)7-10-4-5-18-8-10/h6,10H,3-5,7-8H2,1-2H3,(H,15,16,17). The Morgan fingerprint density at radius 2 is 2.37 bits per heavy atom. The molecular weight excluding hydrogens is 258 g/mol. The molecule has 19 heavy (non-hydrogen) atoms. The summed E-state index contributed by atoms with van der Waals surface area (Å²) in [5.41, 5.74) is 0. The summed E-state index contributed by atoms with van der Waals surface area (Å²) in [6.07, 6.45) is 2.05. The molecule has 1 unspecified atom stereocenters. The second-order valence-electron chi connectivity index (χ2n) is 5.03. The highest BCUT2D eigenvalue weighted by Gasteiger charge is 2.19. The summed E-state index contributed by atoms with van der Waals surface area (Å²) in [4.78, 5) is 11.8. The van der Waals surface area contributed by atoms with Gasteiger partial charge in [-0.1, -0.05) is 0 Å². The first kappa shape index (κ1) is 12.8. The lowest BCUT2D eigenvalue weighted by Crippen LogP contribution is -2.09. The molecule has 0 spiro atoms. The van der Waals surface area contributed by atoms with E-state index in [9.17, 15) is 0 Å². The molecule has 1 N–H and O–H groups in total. The smallest absolute Gasteiger partial charge is 0.138 e. The summed E-state index contributed by atoms with van der Waals surface area (Å²) in [5.74, 6) is 2.50. The van der Waals surface area contributed by atoms with Gasteiger partial charge < -0.3 is 10.1 Å². The Morgan fingerprint density at radius 3 is 3.11 bits per heavy atom. The molecular formula is C14H19N3OS. The molecule has 102 valence electrons. The van der Waals surface area contributed by atoms with Crippen LogP contribution in [0.25, 0.3) is 10.2 Å². The first-order chi connectivity index (χ1) is 9.26. The maximum absolute atomic E-state index is 5.43. The van der Waals surface area contributed by atoms with Crippen molar-refractivity contribution >= 4 is 27.4 Å². The minimum Gasteiger partial charge on any atom is -0.381 e. The summed E-state index contributed by atoms with van der Waals surface area (Å²) in [6, 6.07) is 2.17. The number of ether oxygens (including phenoxy) is 1. The van der Waals surface area contributed by atoms with Crippen molar-refractivity contribution in [1.82, 2.24) is 9.97 Å². The lowest BCUT2D eigenvalue weighted by atomic mass is 10.0. The Hall–Kier alpha value is -1.20. The average molecular weight is 277 g/mol. The quantitative estimate of drug-likeness (QED) is 0.933. The zero-order valence-corrected chi connectivity index (χ0v) is 12.2. The van der Waals surface area contributed by atoms with E-state index in [2.05, 4.69) is 25.2 Å². The molecule has 0 radical (unpaired) electrons. The first-order valence-electron chi connectivity index (χ1n) is 6.85. The molecule has 1 fully saturated rings. The molecule has 0 aliphatic carbocycles. The number of hydrogen-bond acceptors (Lipinski definition) is 5. The highest BCUT2D eigenvalue weighted by Crippen LogP contribution is 2.29. The Bertz CT molecular complexity index is 575. The number of thiophene rings is 1. The molecule has 0 amide bonds. The van der Waals surface area contributed by atoms with E-state index in [4.69, 9.17) is 14.7 Å². The van der Waals surface area contributed by atoms with Crippen LogP contribution < -0.4 is 5.32 Å². The van der Waals surface area contributed by atoms with E-state index in [-0.39, 0.29) is 0 Å². The van der Waals surface area contributed by atoms with E-state index < -0.39 is 0 Å². The maximum Gasteiger partial charge on any atom is 0.138 e. The number of hydrogen-bond donors (Lipinski definition) is 1. The van der Waals surface area contributed by atoms with E-state index in [1.165, 1.54) is 4.88 Å². The van der Waals surface area contributed by atoms with Crippen molar-refractivity contribution < 1.29 is 4.74 Å². The van der Waals surface area contributed by atoms with Crippen molar-refractivity contribution in [3.05, 3.63) is 16.8 Å². The summed E-state index contributed by atoms with van der Waals surface area (Å²) < 4.78 is 5.43. The lowest BCUT2D eigenvalue weighted by molar-refractivity contribution is 0.185. The van der Waals surface area contributed by atoms with Crippen LogP contribution in [0.2, 0.25) is 0 Å². The largest absolute Gasteiger partial charge is 0.381 e. The van der Waals surface area contributed by atoms with E-state index in [0.29, 0.717) is 5.92 Å². The minimum absolute atomic E-state index is 0.577. The average Bonchev–Trinajstić information content (AvgIpc) is 2.98. The number of fused-ring (bicyclic) bond motifs is 1. The fourth-order valence-corrected chi connectivity index (χ4v) is 3.38. The van der Waals surface area contributed by atoms with Crippen molar-refractivity contribution in [2.45, 2.75) is 26.7 Å². The fraction of sp³-hybridized carbons (Fsp3) is 0.571. The number of rotatable bonds is 4. The number of aryl methyl sites for hydroxylation is 1. The van der Waals surface area contributed by atoms with Crippen LogP contribution in [-0.4, -0.2) is 29.7 Å². The van der Waals surface area contributed by atoms with Crippen LogP contribution in [0.4, 0.5) is 5.82 Å². The molecule has 3 rings (SSSR count). The fourth-order valence-electron chi connectivity index (χ4n) is 2.48. The Labute approximate surface area is 117 Å². The summed E-state index contributed by atoms with van der Waals surface area (Å²) in [5, 5.41) is 4.50. The molecule has 4 nitrogen and oxygen atoms in total. The van der Waals surface area contributed by atoms with Crippen molar-refractivity contribution in [2.24, 2.45) is 5.92 Å². The highest BCUT2D eigenvalue weighted by molar-refractivity contribution is 7.18. The monoisotopic (exact) mass is 277 g/mol. The lowest BCUT2D eigenvalue weighted by Gasteiger charge is -2.09. The highest BCUT2D eigenvalue weighted by atomic mass is 32.1. The van der Waals surface area contributed by atoms with Crippen molar-refractivity contribution in [2.75, 3.05) is 25.1 Å². The van der Waals surface area contributed by atoms with E-state index in [1.807, 2.05) is 0 Å². The van der Waals surface area contributed by atoms with Gasteiger partial charge in [0, 0.05) is 31.1 Å². The van der Waals surface area contributed by atoms with Gasteiger partial charge >= 0.3 is 0 Å². The van der Waals surface area contributed by atoms with Gasteiger partial charge in [-0.15, -0.1) is 11.3 Å². The maximum atomic E-state index is 5.43. The van der Waals surface area contributed by atoms with Gasteiger partial charge in [0.05, 0.1) is 5.39 Å². The number of nitrogens with zero attached hydrogens (tertiary/aromatic N) is 2. The van der Waals surface area contributed by atoms with Crippen LogP contribution in [0.15, 0.2) is 6.07 Å². The molecule has 1 aliphatic heterocycles. The molecule has 3 heterocycles. The Balaban J connectivity index is 1.94. The minimum atomic E-state index is 0.577. The third kappa shape index (κ3) is 2.72. The van der Waals surface area contributed by atoms with Crippen LogP contribution in [0.1, 0.15) is 24.0 Å². The predicted octanol–water partition coefficient (Wildman–Crippen LogP) is 3.01. The van der Waals surface area contributed by atoms with Crippen LogP contribution in [-0.2, 0) is 11.2 Å². The van der Waals surface area contributed by atoms with Gasteiger partial charge in [0.25, 0.3) is 0 Å². The van der Waals surface area contributed by atoms with Crippen LogP contribution in [0.3, 0.4) is 0 Å². The van der Waals surface area contributed by atoms with Gasteiger partial charge in [-0.2, -0.15) is 0 Å². The van der Waals surface area contributed by atoms with E-state index in [0.717, 1.165) is 54.5 Å². The molecule has 0 saturated carbocycles. The molecule has 1 aliphatic rings. The predicted molar refractivity (Wildman–Crippen MR) is 78.9 cm³/mol. The second kappa shape index (κ2) is 5.43. The van der Waals surface area contributed by atoms with Gasteiger partial charge in [-0.05, 0) is 32.3 Å². The van der Waals surface area contributed by atoms with Crippen LogP contribution >= 0.6 is 11.3 Å². The van der Waals surface area contributed by atoms with E-state index >= 15 is 0 Å². The van der Waals surface area contributed by atoms with Crippen LogP contribution in [0, 0.1) is 12.8 Å². The third-order valence-electron chi connectivity index (χ3n) is 3.40. The summed E-state index contributed by atoms with van der Waals surface area (Å²) in [7, 11) is 0. The topological polar surface area (TPSA) is 47.0 Å². The van der Waals surface area contributed by atoms with Gasteiger partial charge in [0.1, 0.15) is 16.5 Å². The molecule has 1 atom stereocenters. The number of aromatic nitrogens is 2. The van der Waals surface area contributed by atoms with Crippen molar-refractivity contribution in [3.63, 3.8) is 0 Å². The molecule has 2 aromatic heterocycles. The molecule has 5 heteroatoms. The molecule has 1 saturated heterocycles. The van der Waals surface area contributed by atoms with Crippen molar-refractivity contribution in [1.29, 1.82) is 0 Å². The molecule has 0 aromatic carbocycles. The summed E-state index contributed by atoms with van der Waals surface area (Å²) in [6.45, 7) is 6.82. The Kier molecular flexibility index (Phi) is 3.66. The summed E-state index contributed by atoms with van der Waals surface area (Å²) >= 11 is 1.74. The van der Waals surface area contributed by atoms with Gasteiger partial charge in [0.15, 0.2) is 0 Å². The zero-order valence-electron chi connectivity index (χ0n) is 11.4. The first-order valence-corrected chi connectivity index (χ1v) is 7.66. The molecule has 0 bridgehead atoms. The van der Waals surface area contributed by atoms with Gasteiger partial charge in [-0.25, -0.2) is 9.97 Å². The zero-order chi connectivity index (χ0) is 13.2. The second-order valence-corrected chi connectivity index (χ2v) is 6.26.